The molecule has 52 valence electrons. The number of hydrogen-bond acceptors (Lipinski definition) is 1. The van der Waals surface area contributed by atoms with Gasteiger partial charge in [0.05, 0.1) is 6.04 Å². The van der Waals surface area contributed by atoms with Crippen LogP contribution < -0.4 is 5.32 Å². The van der Waals surface area contributed by atoms with Crippen molar-refractivity contribution in [3.8, 4) is 0 Å². The first-order valence-corrected chi connectivity index (χ1v) is 2.14. The molecule has 8 heavy (non-hydrogen) atoms. The highest BCUT2D eigenvalue weighted by molar-refractivity contribution is 5.85. The smallest absolute Gasteiger partial charge is 0.253 e. The Kier molecular flexibility index (Phi) is 7.21. The zero-order valence-electron chi connectivity index (χ0n) is 4.82. The third-order valence-corrected chi connectivity index (χ3v) is 0.833. The Morgan fingerprint density at radius 1 is 1.38 bits per heavy atom. The van der Waals surface area contributed by atoms with Crippen LogP contribution in [0.25, 0.3) is 0 Å². The van der Waals surface area contributed by atoms with Crippen molar-refractivity contribution in [3.63, 3.8) is 0 Å². The van der Waals surface area contributed by atoms with Crippen LogP contribution in [-0.4, -0.2) is 19.5 Å². The maximum absolute atomic E-state index is 11.4. The summed E-state index contributed by atoms with van der Waals surface area (Å²) in [6.07, 6.45) is -2.25. The molecule has 0 fully saturated rings. The van der Waals surface area contributed by atoms with Gasteiger partial charge >= 0.3 is 0 Å². The zero-order chi connectivity index (χ0) is 5.86. The minimum absolute atomic E-state index is 0. The Balaban J connectivity index is 0. The molecule has 0 aromatic carbocycles. The lowest BCUT2D eigenvalue weighted by atomic mass is 10.4. The molecule has 0 amide bonds. The van der Waals surface area contributed by atoms with Gasteiger partial charge in [-0.2, -0.15) is 0 Å². The normalized spacial score (nSPS) is 13.1. The summed E-state index contributed by atoms with van der Waals surface area (Å²) in [6, 6.07) is -0.681. The quantitative estimate of drug-likeness (QED) is 0.618. The molecule has 0 spiro atoms. The van der Waals surface area contributed by atoms with Crippen LogP contribution in [0.4, 0.5) is 8.78 Å². The second-order valence-corrected chi connectivity index (χ2v) is 1.41. The van der Waals surface area contributed by atoms with E-state index in [0.29, 0.717) is 0 Å². The summed E-state index contributed by atoms with van der Waals surface area (Å²) in [6.45, 7) is 1.44. The number of hydrogen-bond donors (Lipinski definition) is 1. The highest BCUT2D eigenvalue weighted by atomic mass is 35.5. The first-order chi connectivity index (χ1) is 3.18. The van der Waals surface area contributed by atoms with Crippen LogP contribution in [0.5, 0.6) is 0 Å². The predicted octanol–water partition coefficient (Wildman–Crippen LogP) is 1.28. The zero-order valence-corrected chi connectivity index (χ0v) is 5.64. The number of nitrogens with one attached hydrogen (secondary N) is 1. The van der Waals surface area contributed by atoms with Crippen LogP contribution in [0.1, 0.15) is 6.92 Å². The fraction of sp³-hybridized carbons (Fsp3) is 1.00. The maximum Gasteiger partial charge on any atom is 0.253 e. The van der Waals surface area contributed by atoms with E-state index < -0.39 is 12.5 Å². The van der Waals surface area contributed by atoms with E-state index >= 15 is 0 Å². The molecule has 0 rings (SSSR count). The molecule has 0 saturated carbocycles. The summed E-state index contributed by atoms with van der Waals surface area (Å²) in [5, 5.41) is 2.41. The van der Waals surface area contributed by atoms with Crippen molar-refractivity contribution in [1.82, 2.24) is 5.32 Å². The van der Waals surface area contributed by atoms with Gasteiger partial charge in [0.25, 0.3) is 6.43 Å². The van der Waals surface area contributed by atoms with E-state index in [4.69, 9.17) is 0 Å². The minimum Gasteiger partial charge on any atom is -0.312 e. The fourth-order valence-corrected chi connectivity index (χ4v) is 0.126. The van der Waals surface area contributed by atoms with Crippen LogP contribution in [-0.2, 0) is 0 Å². The van der Waals surface area contributed by atoms with Crippen molar-refractivity contribution in [1.29, 1.82) is 0 Å². The Morgan fingerprint density at radius 3 is 1.75 bits per heavy atom. The molecule has 1 N–H and O–H groups in total. The van der Waals surface area contributed by atoms with Gasteiger partial charge in [-0.25, -0.2) is 8.78 Å². The lowest BCUT2D eigenvalue weighted by Gasteiger charge is -2.05. The van der Waals surface area contributed by atoms with E-state index in [-0.39, 0.29) is 12.4 Å². The Labute approximate surface area is 53.9 Å². The van der Waals surface area contributed by atoms with Gasteiger partial charge < -0.3 is 5.32 Å². The third-order valence-electron chi connectivity index (χ3n) is 0.833. The Bertz CT molecular complexity index is 51.3. The Morgan fingerprint density at radius 2 is 1.75 bits per heavy atom. The van der Waals surface area contributed by atoms with Crippen LogP contribution in [0.3, 0.4) is 0 Å². The predicted molar refractivity (Wildman–Crippen MR) is 31.8 cm³/mol. The van der Waals surface area contributed by atoms with Gasteiger partial charge in [-0.15, -0.1) is 12.4 Å². The Hall–Kier alpha value is 0.110. The molecular formula is C4H10ClF2N. The molecule has 0 aromatic rings. The number of alkyl halides is 2. The minimum atomic E-state index is -2.25. The molecule has 0 aromatic heterocycles. The molecule has 1 nitrogen and oxygen atoms in total. The van der Waals surface area contributed by atoms with Crippen molar-refractivity contribution < 1.29 is 8.78 Å². The summed E-state index contributed by atoms with van der Waals surface area (Å²) in [7, 11) is 1.51. The van der Waals surface area contributed by atoms with Crippen molar-refractivity contribution in [2.75, 3.05) is 7.05 Å². The van der Waals surface area contributed by atoms with Gasteiger partial charge in [-0.1, -0.05) is 0 Å². The molecular weight excluding hydrogens is 136 g/mol. The summed E-state index contributed by atoms with van der Waals surface area (Å²) < 4.78 is 22.7. The second kappa shape index (κ2) is 5.25. The molecule has 0 aliphatic carbocycles. The molecule has 4 heteroatoms. The highest BCUT2D eigenvalue weighted by Gasteiger charge is 2.09. The third kappa shape index (κ3) is 4.27. The van der Waals surface area contributed by atoms with Crippen molar-refractivity contribution in [2.45, 2.75) is 19.4 Å². The largest absolute Gasteiger partial charge is 0.312 e. The van der Waals surface area contributed by atoms with E-state index in [1.54, 1.807) is 0 Å². The van der Waals surface area contributed by atoms with Crippen molar-refractivity contribution in [2.24, 2.45) is 0 Å². The van der Waals surface area contributed by atoms with Crippen LogP contribution in [0.2, 0.25) is 0 Å². The number of halogens is 3. The van der Waals surface area contributed by atoms with Gasteiger partial charge in [-0.3, -0.25) is 0 Å². The van der Waals surface area contributed by atoms with E-state index in [9.17, 15) is 8.78 Å². The molecule has 1 unspecified atom stereocenters. The molecule has 1 atom stereocenters. The summed E-state index contributed by atoms with van der Waals surface area (Å²) in [4.78, 5) is 0. The molecule has 0 bridgehead atoms. The van der Waals surface area contributed by atoms with E-state index in [2.05, 4.69) is 5.32 Å². The summed E-state index contributed by atoms with van der Waals surface area (Å²) in [5.41, 5.74) is 0. The van der Waals surface area contributed by atoms with E-state index in [1.165, 1.54) is 14.0 Å². The van der Waals surface area contributed by atoms with Crippen LogP contribution >= 0.6 is 12.4 Å². The first-order valence-electron chi connectivity index (χ1n) is 2.14. The van der Waals surface area contributed by atoms with E-state index in [1.807, 2.05) is 0 Å². The maximum atomic E-state index is 11.4. The van der Waals surface area contributed by atoms with Gasteiger partial charge in [-0.05, 0) is 14.0 Å². The van der Waals surface area contributed by atoms with Gasteiger partial charge in [0, 0.05) is 0 Å². The molecule has 0 heterocycles. The van der Waals surface area contributed by atoms with E-state index in [0.717, 1.165) is 0 Å². The summed E-state index contributed by atoms with van der Waals surface area (Å²) in [5.74, 6) is 0. The van der Waals surface area contributed by atoms with Crippen LogP contribution in [0, 0.1) is 0 Å². The lowest BCUT2D eigenvalue weighted by molar-refractivity contribution is 0.110. The van der Waals surface area contributed by atoms with Gasteiger partial charge in [0.15, 0.2) is 0 Å². The lowest BCUT2D eigenvalue weighted by Crippen LogP contribution is -2.28. The highest BCUT2D eigenvalue weighted by Crippen LogP contribution is 1.96. The second-order valence-electron chi connectivity index (χ2n) is 1.41. The monoisotopic (exact) mass is 145 g/mol. The molecule has 0 radical (unpaired) electrons. The molecule has 0 aliphatic rings. The number of rotatable bonds is 2. The van der Waals surface area contributed by atoms with Crippen molar-refractivity contribution in [3.05, 3.63) is 0 Å². The van der Waals surface area contributed by atoms with Crippen LogP contribution in [0.15, 0.2) is 0 Å². The topological polar surface area (TPSA) is 12.0 Å². The molecule has 0 saturated heterocycles. The van der Waals surface area contributed by atoms with Gasteiger partial charge in [0.2, 0.25) is 0 Å². The standard InChI is InChI=1S/C4H9F2N.ClH/c1-3(7-2)4(5)6;/h3-4,7H,1-2H3;1H. The average Bonchev–Trinajstić information content (AvgIpc) is 1.65. The molecule has 0 aliphatic heterocycles. The van der Waals surface area contributed by atoms with Crippen molar-refractivity contribution >= 4 is 12.4 Å². The SMILES string of the molecule is CNC(C)C(F)F.Cl. The average molecular weight is 146 g/mol. The summed E-state index contributed by atoms with van der Waals surface area (Å²) >= 11 is 0. The fourth-order valence-electron chi connectivity index (χ4n) is 0.126. The van der Waals surface area contributed by atoms with Gasteiger partial charge in [0.1, 0.15) is 0 Å². The first kappa shape index (κ1) is 11.0.